The average Bonchev–Trinajstić information content (AvgIpc) is 2.81. The van der Waals surface area contributed by atoms with E-state index in [0.717, 1.165) is 35.9 Å². The molecule has 4 nitrogen and oxygen atoms in total. The summed E-state index contributed by atoms with van der Waals surface area (Å²) in [6, 6.07) is 30.4. The number of hydrogen-bond donors (Lipinski definition) is 0. The van der Waals surface area contributed by atoms with Crippen molar-refractivity contribution in [1.82, 2.24) is 0 Å². The lowest BCUT2D eigenvalue weighted by Crippen LogP contribution is -1.86. The molecule has 0 amide bonds. The third kappa shape index (κ3) is 6.23. The van der Waals surface area contributed by atoms with Crippen molar-refractivity contribution in [3.05, 3.63) is 118 Å². The first kappa shape index (κ1) is 22.1. The Morgan fingerprint density at radius 3 is 1.62 bits per heavy atom. The predicted octanol–water partition coefficient (Wildman–Crippen LogP) is 8.30. The van der Waals surface area contributed by atoms with Gasteiger partial charge in [-0.15, -0.1) is 0 Å². The van der Waals surface area contributed by atoms with E-state index < -0.39 is 4.92 Å². The highest BCUT2D eigenvalue weighted by Gasteiger charge is 2.05. The fraction of sp³-hybridized carbons (Fsp3) is 0. The van der Waals surface area contributed by atoms with Crippen molar-refractivity contribution in [2.24, 2.45) is 4.99 Å². The van der Waals surface area contributed by atoms with E-state index in [0.29, 0.717) is 0 Å². The minimum absolute atomic E-state index is 0.0932. The molecule has 0 saturated heterocycles. The monoisotopic (exact) mass is 476 g/mol. The molecule has 4 rings (SSSR count). The van der Waals surface area contributed by atoms with Crippen LogP contribution in [0.1, 0.15) is 5.56 Å². The number of nitrogens with zero attached hydrogens (tertiary/aromatic N) is 2. The Hall–Kier alpha value is -3.06. The largest absolute Gasteiger partial charge is 0.269 e. The van der Waals surface area contributed by atoms with Gasteiger partial charge in [-0.2, -0.15) is 0 Å². The van der Waals surface area contributed by atoms with Crippen LogP contribution in [0.3, 0.4) is 0 Å². The molecule has 0 bridgehead atoms. The van der Waals surface area contributed by atoms with Crippen LogP contribution < -0.4 is 0 Å². The van der Waals surface area contributed by atoms with Crippen molar-refractivity contribution in [3.63, 3.8) is 0 Å². The molecule has 0 saturated carbocycles. The van der Waals surface area contributed by atoms with E-state index in [9.17, 15) is 10.1 Å². The molecule has 0 aromatic heterocycles. The molecule has 0 heterocycles. The van der Waals surface area contributed by atoms with Crippen molar-refractivity contribution < 1.29 is 4.92 Å². The summed E-state index contributed by atoms with van der Waals surface area (Å²) in [4.78, 5) is 19.2. The zero-order valence-corrected chi connectivity index (χ0v) is 19.1. The number of aliphatic imine (C=N–C) groups is 1. The summed E-state index contributed by atoms with van der Waals surface area (Å²) in [6.45, 7) is 0. The summed E-state index contributed by atoms with van der Waals surface area (Å²) in [7, 11) is 0. The lowest BCUT2D eigenvalue weighted by Gasteiger charge is -2.03. The zero-order valence-electron chi connectivity index (χ0n) is 16.7. The summed E-state index contributed by atoms with van der Waals surface area (Å²) in [5.74, 6) is 0. The second-order valence-corrected chi connectivity index (χ2v) is 9.46. The molecule has 4 aromatic carbocycles. The van der Waals surface area contributed by atoms with Crippen LogP contribution in [0.25, 0.3) is 0 Å². The number of nitro benzene ring substituents is 1. The highest BCUT2D eigenvalue weighted by molar-refractivity contribution is 7.99. The number of nitro groups is 1. The van der Waals surface area contributed by atoms with Crippen molar-refractivity contribution in [2.75, 3.05) is 0 Å². The van der Waals surface area contributed by atoms with Gasteiger partial charge in [0.25, 0.3) is 5.69 Å². The maximum Gasteiger partial charge on any atom is 0.269 e. The molecule has 0 unspecified atom stereocenters. The van der Waals surface area contributed by atoms with Crippen LogP contribution in [0, 0.1) is 10.1 Å². The van der Waals surface area contributed by atoms with Gasteiger partial charge in [-0.3, -0.25) is 15.1 Å². The van der Waals surface area contributed by atoms with Crippen LogP contribution in [-0.2, 0) is 0 Å². The number of benzene rings is 4. The Morgan fingerprint density at radius 1 is 0.688 bits per heavy atom. The lowest BCUT2D eigenvalue weighted by molar-refractivity contribution is -0.384. The molecular formula is C25H17ClN2O2S2. The van der Waals surface area contributed by atoms with Crippen LogP contribution in [0.4, 0.5) is 11.4 Å². The highest BCUT2D eigenvalue weighted by Crippen LogP contribution is 2.31. The molecule has 158 valence electrons. The molecule has 4 aromatic rings. The van der Waals surface area contributed by atoms with E-state index in [1.807, 2.05) is 66.9 Å². The first-order valence-electron chi connectivity index (χ1n) is 9.65. The predicted molar refractivity (Wildman–Crippen MR) is 133 cm³/mol. The van der Waals surface area contributed by atoms with Crippen LogP contribution >= 0.6 is 35.1 Å². The standard InChI is InChI=1S/C25H17ClN2O2S2/c26-19-3-11-23(12-4-19)31-22-9-1-18(2-10-22)17-27-20-5-13-24(14-6-20)32-25-15-7-21(8-16-25)28(29)30/h1-17H. The molecule has 0 aliphatic carbocycles. The highest BCUT2D eigenvalue weighted by atomic mass is 35.5. The minimum atomic E-state index is -0.396. The topological polar surface area (TPSA) is 55.5 Å². The van der Waals surface area contributed by atoms with E-state index in [4.69, 9.17) is 11.6 Å². The normalized spacial score (nSPS) is 11.0. The third-order valence-corrected chi connectivity index (χ3v) is 6.70. The molecule has 0 fully saturated rings. The first-order valence-corrected chi connectivity index (χ1v) is 11.7. The van der Waals surface area contributed by atoms with E-state index in [-0.39, 0.29) is 5.69 Å². The van der Waals surface area contributed by atoms with Crippen molar-refractivity contribution in [1.29, 1.82) is 0 Å². The van der Waals surface area contributed by atoms with Gasteiger partial charge in [-0.25, -0.2) is 0 Å². The summed E-state index contributed by atoms with van der Waals surface area (Å²) in [6.07, 6.45) is 1.84. The molecular weight excluding hydrogens is 460 g/mol. The lowest BCUT2D eigenvalue weighted by atomic mass is 10.2. The van der Waals surface area contributed by atoms with Gasteiger partial charge in [0.15, 0.2) is 0 Å². The molecule has 0 radical (unpaired) electrons. The Kier molecular flexibility index (Phi) is 7.27. The fourth-order valence-electron chi connectivity index (χ4n) is 2.78. The van der Waals surface area contributed by atoms with Gasteiger partial charge in [0.2, 0.25) is 0 Å². The van der Waals surface area contributed by atoms with Gasteiger partial charge in [0.1, 0.15) is 0 Å². The Balaban J connectivity index is 1.35. The number of rotatable bonds is 7. The van der Waals surface area contributed by atoms with Crippen LogP contribution in [0.15, 0.2) is 122 Å². The molecule has 32 heavy (non-hydrogen) atoms. The summed E-state index contributed by atoms with van der Waals surface area (Å²) in [5.41, 5.74) is 1.98. The molecule has 0 aliphatic heterocycles. The van der Waals surface area contributed by atoms with Gasteiger partial charge in [-0.05, 0) is 78.4 Å². The van der Waals surface area contributed by atoms with Crippen molar-refractivity contribution >= 4 is 52.7 Å². The Labute approximate surface area is 199 Å². The number of halogens is 1. The van der Waals surface area contributed by atoms with Crippen molar-refractivity contribution in [3.8, 4) is 0 Å². The van der Waals surface area contributed by atoms with E-state index in [2.05, 4.69) is 17.1 Å². The zero-order chi connectivity index (χ0) is 22.3. The van der Waals surface area contributed by atoms with Gasteiger partial charge in [0.05, 0.1) is 10.6 Å². The molecule has 0 aliphatic rings. The molecule has 0 N–H and O–H groups in total. The second-order valence-electron chi connectivity index (χ2n) is 6.73. The van der Waals surface area contributed by atoms with Gasteiger partial charge in [-0.1, -0.05) is 47.3 Å². The Bertz CT molecular complexity index is 1230. The van der Waals surface area contributed by atoms with E-state index in [1.165, 1.54) is 12.1 Å². The van der Waals surface area contributed by atoms with Gasteiger partial charge >= 0.3 is 0 Å². The van der Waals surface area contributed by atoms with Crippen LogP contribution in [0.2, 0.25) is 5.02 Å². The molecule has 0 spiro atoms. The van der Waals surface area contributed by atoms with E-state index in [1.54, 1.807) is 35.7 Å². The maximum absolute atomic E-state index is 10.8. The van der Waals surface area contributed by atoms with Crippen molar-refractivity contribution in [2.45, 2.75) is 19.6 Å². The first-order chi connectivity index (χ1) is 15.5. The molecule has 7 heteroatoms. The third-order valence-electron chi connectivity index (χ3n) is 4.41. The Morgan fingerprint density at radius 2 is 1.12 bits per heavy atom. The quantitative estimate of drug-likeness (QED) is 0.153. The summed E-state index contributed by atoms with van der Waals surface area (Å²) < 4.78 is 0. The van der Waals surface area contributed by atoms with Crippen LogP contribution in [0.5, 0.6) is 0 Å². The summed E-state index contributed by atoms with van der Waals surface area (Å²) >= 11 is 9.17. The second kappa shape index (κ2) is 10.5. The number of hydrogen-bond acceptors (Lipinski definition) is 5. The van der Waals surface area contributed by atoms with Gasteiger partial charge in [0, 0.05) is 43.0 Å². The minimum Gasteiger partial charge on any atom is -0.258 e. The smallest absolute Gasteiger partial charge is 0.258 e. The van der Waals surface area contributed by atoms with Crippen LogP contribution in [-0.4, -0.2) is 11.1 Å². The SMILES string of the molecule is O=[N+]([O-])c1ccc(Sc2ccc(N=Cc3ccc(Sc4ccc(Cl)cc4)cc3)cc2)cc1. The summed E-state index contributed by atoms with van der Waals surface area (Å²) in [5, 5.41) is 11.5. The maximum atomic E-state index is 10.8. The molecule has 0 atom stereocenters. The average molecular weight is 477 g/mol. The number of non-ortho nitro benzene ring substituents is 1. The van der Waals surface area contributed by atoms with E-state index >= 15 is 0 Å². The fourth-order valence-corrected chi connectivity index (χ4v) is 4.54. The van der Waals surface area contributed by atoms with Gasteiger partial charge < -0.3 is 0 Å².